The second-order valence-corrected chi connectivity index (χ2v) is 7.89. The van der Waals surface area contributed by atoms with Gasteiger partial charge < -0.3 is 4.74 Å². The third kappa shape index (κ3) is 1.83. The van der Waals surface area contributed by atoms with Crippen LogP contribution in [-0.2, 0) is 19.7 Å². The van der Waals surface area contributed by atoms with E-state index in [1.54, 1.807) is 14.2 Å². The van der Waals surface area contributed by atoms with Crippen molar-refractivity contribution in [1.82, 2.24) is 4.90 Å². The molecule has 2 amide bonds. The highest BCUT2D eigenvalue weighted by Crippen LogP contribution is 2.62. The van der Waals surface area contributed by atoms with Gasteiger partial charge in [-0.3, -0.25) is 14.5 Å². The van der Waals surface area contributed by atoms with Crippen molar-refractivity contribution < 1.29 is 14.3 Å². The fraction of sp³-hybridized carbons (Fsp3) is 0.364. The molecule has 0 N–H and O–H groups in total. The van der Waals surface area contributed by atoms with Gasteiger partial charge in [0, 0.05) is 19.6 Å². The first-order valence-electron chi connectivity index (χ1n) is 8.87. The lowest BCUT2D eigenvalue weighted by molar-refractivity contribution is -0.140. The number of nitrogens with zero attached hydrogens (tertiary/aromatic N) is 1. The molecule has 0 bridgehead atoms. The molecule has 1 fully saturated rings. The third-order valence-electron chi connectivity index (χ3n) is 6.14. The zero-order valence-electron chi connectivity index (χ0n) is 15.6. The monoisotopic (exact) mass is 349 g/mol. The molecule has 0 radical (unpaired) electrons. The maximum Gasteiger partial charge on any atom is 0.241 e. The van der Waals surface area contributed by atoms with Gasteiger partial charge in [0.05, 0.1) is 17.9 Å². The molecule has 2 aromatic rings. The Labute approximate surface area is 153 Å². The van der Waals surface area contributed by atoms with Gasteiger partial charge in [0.1, 0.15) is 0 Å². The first kappa shape index (κ1) is 17.0. The van der Waals surface area contributed by atoms with Gasteiger partial charge in [-0.15, -0.1) is 0 Å². The fourth-order valence-electron chi connectivity index (χ4n) is 5.08. The molecule has 134 valence electrons. The Balaban J connectivity index is 2.16. The van der Waals surface area contributed by atoms with Gasteiger partial charge in [-0.2, -0.15) is 0 Å². The molecule has 4 nitrogen and oxygen atoms in total. The average Bonchev–Trinajstić information content (AvgIpc) is 2.85. The summed E-state index contributed by atoms with van der Waals surface area (Å²) in [7, 11) is 3.24. The molecule has 0 spiro atoms. The Morgan fingerprint density at radius 2 is 1.65 bits per heavy atom. The molecule has 1 saturated heterocycles. The molecule has 1 aliphatic carbocycles. The van der Waals surface area contributed by atoms with Crippen LogP contribution < -0.4 is 0 Å². The fourth-order valence-corrected chi connectivity index (χ4v) is 5.08. The Morgan fingerprint density at radius 3 is 2.35 bits per heavy atom. The van der Waals surface area contributed by atoms with Crippen LogP contribution in [0.25, 0.3) is 11.1 Å². The van der Waals surface area contributed by atoms with E-state index in [-0.39, 0.29) is 11.8 Å². The lowest BCUT2D eigenvalue weighted by atomic mass is 9.51. The van der Waals surface area contributed by atoms with Crippen LogP contribution in [-0.4, -0.2) is 37.5 Å². The number of carbonyl (C=O) groups excluding carboxylic acids is 2. The van der Waals surface area contributed by atoms with Crippen molar-refractivity contribution in [3.63, 3.8) is 0 Å². The molecule has 2 atom stereocenters. The Hall–Kier alpha value is -2.46. The van der Waals surface area contributed by atoms with Crippen LogP contribution in [0, 0.1) is 5.41 Å². The largest absolute Gasteiger partial charge is 0.384 e. The zero-order chi connectivity index (χ0) is 18.7. The molecule has 0 aromatic heterocycles. The number of amides is 2. The Morgan fingerprint density at radius 1 is 1.04 bits per heavy atom. The highest BCUT2D eigenvalue weighted by molar-refractivity contribution is 6.15. The molecule has 1 aliphatic heterocycles. The van der Waals surface area contributed by atoms with Gasteiger partial charge in [-0.05, 0) is 22.3 Å². The quantitative estimate of drug-likeness (QED) is 0.798. The molecule has 2 aromatic carbocycles. The van der Waals surface area contributed by atoms with Crippen LogP contribution in [0.3, 0.4) is 0 Å². The van der Waals surface area contributed by atoms with Gasteiger partial charge in [0.25, 0.3) is 0 Å². The van der Waals surface area contributed by atoms with Crippen LogP contribution in [0.2, 0.25) is 0 Å². The number of rotatable bonds is 3. The average molecular weight is 349 g/mol. The summed E-state index contributed by atoms with van der Waals surface area (Å²) in [4.78, 5) is 28.2. The van der Waals surface area contributed by atoms with Gasteiger partial charge in [0.15, 0.2) is 0 Å². The van der Waals surface area contributed by atoms with E-state index in [1.165, 1.54) is 4.90 Å². The number of methoxy groups -OCH3 is 1. The van der Waals surface area contributed by atoms with Crippen molar-refractivity contribution >= 4 is 11.8 Å². The molecule has 1 heterocycles. The molecule has 26 heavy (non-hydrogen) atoms. The number of carbonyl (C=O) groups is 2. The summed E-state index contributed by atoms with van der Waals surface area (Å²) in [6.45, 7) is 4.43. The normalized spacial score (nSPS) is 24.3. The second-order valence-electron chi connectivity index (χ2n) is 7.89. The predicted molar refractivity (Wildman–Crippen MR) is 99.7 cm³/mol. The highest BCUT2D eigenvalue weighted by Gasteiger charge is 2.68. The SMILES string of the molecule is COCC(C)(C)C12C(=O)N(C)C(=O)C1c1ccccc1-c1ccccc12. The standard InChI is InChI=1S/C22H23NO3/c1-21(2,13-26-4)22-17-12-8-7-10-15(17)14-9-5-6-11-16(14)18(22)19(24)23(3)20(22)25/h5-12,18H,13H2,1-4H3. The predicted octanol–water partition coefficient (Wildman–Crippen LogP) is 3.36. The first-order chi connectivity index (χ1) is 12.4. The van der Waals surface area contributed by atoms with E-state index in [2.05, 4.69) is 0 Å². The summed E-state index contributed by atoms with van der Waals surface area (Å²) in [5.74, 6) is -0.811. The molecular formula is C22H23NO3. The first-order valence-corrected chi connectivity index (χ1v) is 8.87. The van der Waals surface area contributed by atoms with E-state index >= 15 is 0 Å². The zero-order valence-corrected chi connectivity index (χ0v) is 15.6. The smallest absolute Gasteiger partial charge is 0.241 e. The van der Waals surface area contributed by atoms with Crippen molar-refractivity contribution in [2.45, 2.75) is 25.2 Å². The molecule has 2 aliphatic rings. The number of likely N-dealkylation sites (N-methyl/N-ethyl adjacent to an activating group) is 1. The van der Waals surface area contributed by atoms with Gasteiger partial charge in [-0.1, -0.05) is 62.4 Å². The van der Waals surface area contributed by atoms with Crippen molar-refractivity contribution in [2.75, 3.05) is 20.8 Å². The number of hydrogen-bond acceptors (Lipinski definition) is 3. The molecule has 0 saturated carbocycles. The molecule has 4 rings (SSSR count). The lowest BCUT2D eigenvalue weighted by Gasteiger charge is -2.48. The topological polar surface area (TPSA) is 46.6 Å². The third-order valence-corrected chi connectivity index (χ3v) is 6.14. The number of benzene rings is 2. The minimum absolute atomic E-state index is 0.138. The summed E-state index contributed by atoms with van der Waals surface area (Å²) in [6.07, 6.45) is 0. The summed E-state index contributed by atoms with van der Waals surface area (Å²) in [5.41, 5.74) is 2.38. The molecular weight excluding hydrogens is 326 g/mol. The van der Waals surface area contributed by atoms with Crippen LogP contribution in [0.15, 0.2) is 48.5 Å². The number of imide groups is 1. The van der Waals surface area contributed by atoms with Crippen molar-refractivity contribution in [3.8, 4) is 11.1 Å². The van der Waals surface area contributed by atoms with Gasteiger partial charge in [0.2, 0.25) is 11.8 Å². The van der Waals surface area contributed by atoms with Crippen LogP contribution >= 0.6 is 0 Å². The summed E-state index contributed by atoms with van der Waals surface area (Å²) in [6, 6.07) is 15.9. The van der Waals surface area contributed by atoms with E-state index in [0.717, 1.165) is 22.3 Å². The number of fused-ring (bicyclic) bond motifs is 6. The summed E-state index contributed by atoms with van der Waals surface area (Å²) in [5, 5.41) is 0. The second kappa shape index (κ2) is 5.52. The number of likely N-dealkylation sites (tertiary alicyclic amines) is 1. The summed E-state index contributed by atoms with van der Waals surface area (Å²) < 4.78 is 5.50. The highest BCUT2D eigenvalue weighted by atomic mass is 16.5. The lowest BCUT2D eigenvalue weighted by Crippen LogP contribution is -2.54. The van der Waals surface area contributed by atoms with Crippen molar-refractivity contribution in [3.05, 3.63) is 59.7 Å². The molecule has 2 unspecified atom stereocenters. The van der Waals surface area contributed by atoms with Crippen molar-refractivity contribution in [2.24, 2.45) is 5.41 Å². The van der Waals surface area contributed by atoms with E-state index < -0.39 is 16.7 Å². The van der Waals surface area contributed by atoms with Crippen LogP contribution in [0.4, 0.5) is 0 Å². The number of ether oxygens (including phenoxy) is 1. The van der Waals surface area contributed by atoms with E-state index in [9.17, 15) is 9.59 Å². The Kier molecular flexibility index (Phi) is 3.60. The van der Waals surface area contributed by atoms with Crippen LogP contribution in [0.1, 0.15) is 30.9 Å². The molecule has 4 heteroatoms. The minimum atomic E-state index is -0.972. The van der Waals surface area contributed by atoms with E-state index in [1.807, 2.05) is 62.4 Å². The maximum absolute atomic E-state index is 13.6. The van der Waals surface area contributed by atoms with Crippen molar-refractivity contribution in [1.29, 1.82) is 0 Å². The van der Waals surface area contributed by atoms with E-state index in [4.69, 9.17) is 4.74 Å². The Bertz CT molecular complexity index is 917. The minimum Gasteiger partial charge on any atom is -0.384 e. The summed E-state index contributed by atoms with van der Waals surface area (Å²) >= 11 is 0. The number of hydrogen-bond donors (Lipinski definition) is 0. The maximum atomic E-state index is 13.6. The van der Waals surface area contributed by atoms with Crippen LogP contribution in [0.5, 0.6) is 0 Å². The van der Waals surface area contributed by atoms with E-state index in [0.29, 0.717) is 6.61 Å². The van der Waals surface area contributed by atoms with Gasteiger partial charge in [-0.25, -0.2) is 0 Å². The van der Waals surface area contributed by atoms with Gasteiger partial charge >= 0.3 is 0 Å².